The fourth-order valence-electron chi connectivity index (χ4n) is 3.74. The number of thioether (sulfide) groups is 1. The predicted octanol–water partition coefficient (Wildman–Crippen LogP) is 3.91. The molecule has 158 valence electrons. The number of aromatic nitrogens is 2. The van der Waals surface area contributed by atoms with Gasteiger partial charge in [-0.2, -0.15) is 0 Å². The minimum atomic E-state index is -0.187. The Labute approximate surface area is 183 Å². The number of H-pyrrole nitrogens is 1. The molecule has 1 amide bonds. The van der Waals surface area contributed by atoms with E-state index in [1.807, 2.05) is 47.5 Å². The third-order valence-electron chi connectivity index (χ3n) is 5.48. The summed E-state index contributed by atoms with van der Waals surface area (Å²) in [5.74, 6) is 1.24. The van der Waals surface area contributed by atoms with E-state index in [0.29, 0.717) is 17.0 Å². The molecule has 1 aromatic carbocycles. The Bertz CT molecular complexity index is 1070. The first kappa shape index (κ1) is 21.1. The van der Waals surface area contributed by atoms with Crippen molar-refractivity contribution in [3.63, 3.8) is 0 Å². The second-order valence-corrected chi connectivity index (χ2v) is 9.61. The summed E-state index contributed by atoms with van der Waals surface area (Å²) in [5.41, 5.74) is 1.79. The molecule has 3 aromatic rings. The van der Waals surface area contributed by atoms with Gasteiger partial charge >= 0.3 is 0 Å². The monoisotopic (exact) mass is 443 g/mol. The molecule has 0 spiro atoms. The summed E-state index contributed by atoms with van der Waals surface area (Å²) in [7, 11) is 1.72. The Hall–Kier alpha value is -2.16. The van der Waals surface area contributed by atoms with Crippen LogP contribution < -0.4 is 5.56 Å². The second kappa shape index (κ2) is 9.32. The van der Waals surface area contributed by atoms with Gasteiger partial charge in [-0.15, -0.1) is 23.1 Å². The van der Waals surface area contributed by atoms with Crippen LogP contribution in [0.15, 0.2) is 40.5 Å². The van der Waals surface area contributed by atoms with Crippen LogP contribution in [0.5, 0.6) is 0 Å². The van der Waals surface area contributed by atoms with Gasteiger partial charge in [0.05, 0.1) is 22.5 Å². The molecule has 1 fully saturated rings. The van der Waals surface area contributed by atoms with Gasteiger partial charge in [-0.05, 0) is 25.3 Å². The first-order valence-corrected chi connectivity index (χ1v) is 12.0. The largest absolute Gasteiger partial charge is 0.381 e. The van der Waals surface area contributed by atoms with Crippen molar-refractivity contribution in [2.24, 2.45) is 0 Å². The summed E-state index contributed by atoms with van der Waals surface area (Å²) in [6.07, 6.45) is 2.02. The maximum atomic E-state index is 12.8. The molecule has 0 saturated carbocycles. The third-order valence-corrected chi connectivity index (χ3v) is 7.50. The molecule has 4 rings (SSSR count). The van der Waals surface area contributed by atoms with Crippen LogP contribution in [0, 0.1) is 0 Å². The number of thiophene rings is 1. The molecular formula is C22H25N3O3S2. The minimum Gasteiger partial charge on any atom is -0.381 e. The molecule has 2 aromatic heterocycles. The molecule has 1 atom stereocenters. The van der Waals surface area contributed by atoms with Crippen LogP contribution in [0.3, 0.4) is 0 Å². The van der Waals surface area contributed by atoms with Gasteiger partial charge in [0.1, 0.15) is 10.7 Å². The number of piperidine rings is 1. The van der Waals surface area contributed by atoms with Crippen molar-refractivity contribution in [3.05, 3.63) is 51.9 Å². The number of carbonyl (C=O) groups is 1. The van der Waals surface area contributed by atoms with E-state index in [9.17, 15) is 9.59 Å². The minimum absolute atomic E-state index is 0.128. The number of hydrogen-bond donors (Lipinski definition) is 1. The van der Waals surface area contributed by atoms with E-state index < -0.39 is 0 Å². The highest BCUT2D eigenvalue weighted by Crippen LogP contribution is 2.31. The van der Waals surface area contributed by atoms with Crippen molar-refractivity contribution < 1.29 is 9.53 Å². The summed E-state index contributed by atoms with van der Waals surface area (Å²) in [5, 5.41) is 2.42. The van der Waals surface area contributed by atoms with Gasteiger partial charge in [0.25, 0.3) is 5.56 Å². The van der Waals surface area contributed by atoms with Gasteiger partial charge in [-0.1, -0.05) is 30.3 Å². The van der Waals surface area contributed by atoms with Crippen LogP contribution in [0.2, 0.25) is 0 Å². The van der Waals surface area contributed by atoms with E-state index in [1.165, 1.54) is 23.1 Å². The van der Waals surface area contributed by atoms with Crippen LogP contribution >= 0.6 is 23.1 Å². The molecule has 3 heterocycles. The van der Waals surface area contributed by atoms with E-state index in [0.717, 1.165) is 41.9 Å². The van der Waals surface area contributed by atoms with Gasteiger partial charge in [0, 0.05) is 31.1 Å². The number of amides is 1. The fraction of sp³-hybridized carbons (Fsp3) is 0.409. The number of carbonyl (C=O) groups excluding carboxylic acids is 1. The van der Waals surface area contributed by atoms with Crippen molar-refractivity contribution in [2.75, 3.05) is 20.2 Å². The molecule has 1 aliphatic heterocycles. The van der Waals surface area contributed by atoms with Crippen molar-refractivity contribution in [1.29, 1.82) is 0 Å². The zero-order valence-electron chi connectivity index (χ0n) is 17.1. The number of hydrogen-bond acceptors (Lipinski definition) is 6. The Morgan fingerprint density at radius 2 is 2.07 bits per heavy atom. The highest BCUT2D eigenvalue weighted by Gasteiger charge is 2.26. The van der Waals surface area contributed by atoms with E-state index in [4.69, 9.17) is 4.74 Å². The predicted molar refractivity (Wildman–Crippen MR) is 123 cm³/mol. The SMILES string of the molecule is COC1CCN(C(=O)C(C)SCc2nc3scc(-c4ccccc4)c3c(=O)[nH]2)CC1. The average molecular weight is 444 g/mol. The zero-order valence-corrected chi connectivity index (χ0v) is 18.7. The number of ether oxygens (including phenoxy) is 1. The number of nitrogens with one attached hydrogen (secondary N) is 1. The number of rotatable bonds is 6. The summed E-state index contributed by atoms with van der Waals surface area (Å²) in [6.45, 7) is 3.40. The standard InChI is InChI=1S/C22H25N3O3S2/c1-14(22(27)25-10-8-16(28-2)9-11-25)29-13-18-23-20(26)19-17(12-30-21(19)24-18)15-6-4-3-5-7-15/h3-7,12,14,16H,8-11,13H2,1-2H3,(H,23,24,26). The lowest BCUT2D eigenvalue weighted by Gasteiger charge is -2.32. The van der Waals surface area contributed by atoms with Crippen molar-refractivity contribution in [2.45, 2.75) is 36.9 Å². The molecule has 6 nitrogen and oxygen atoms in total. The maximum absolute atomic E-state index is 12.8. The molecular weight excluding hydrogens is 418 g/mol. The number of fused-ring (bicyclic) bond motifs is 1. The van der Waals surface area contributed by atoms with Crippen LogP contribution in [-0.4, -0.2) is 52.3 Å². The highest BCUT2D eigenvalue weighted by atomic mass is 32.2. The van der Waals surface area contributed by atoms with E-state index in [-0.39, 0.29) is 22.8 Å². The zero-order chi connectivity index (χ0) is 21.1. The molecule has 0 bridgehead atoms. The molecule has 0 radical (unpaired) electrons. The highest BCUT2D eigenvalue weighted by molar-refractivity contribution is 7.99. The number of methoxy groups -OCH3 is 1. The molecule has 1 saturated heterocycles. The van der Waals surface area contributed by atoms with E-state index in [1.54, 1.807) is 7.11 Å². The second-order valence-electron chi connectivity index (χ2n) is 7.42. The number of likely N-dealkylation sites (tertiary alicyclic amines) is 1. The molecule has 1 aliphatic rings. The van der Waals surface area contributed by atoms with Crippen molar-refractivity contribution in [1.82, 2.24) is 14.9 Å². The van der Waals surface area contributed by atoms with Gasteiger partial charge in [-0.3, -0.25) is 9.59 Å². The topological polar surface area (TPSA) is 75.3 Å². The summed E-state index contributed by atoms with van der Waals surface area (Å²) in [6, 6.07) is 9.86. The number of benzene rings is 1. The van der Waals surface area contributed by atoms with Gasteiger partial charge < -0.3 is 14.6 Å². The Balaban J connectivity index is 1.43. The van der Waals surface area contributed by atoms with E-state index in [2.05, 4.69) is 9.97 Å². The van der Waals surface area contributed by atoms with Crippen LogP contribution in [0.25, 0.3) is 21.3 Å². The van der Waals surface area contributed by atoms with Crippen LogP contribution in [-0.2, 0) is 15.3 Å². The van der Waals surface area contributed by atoms with Crippen molar-refractivity contribution in [3.8, 4) is 11.1 Å². The number of nitrogens with zero attached hydrogens (tertiary/aromatic N) is 2. The molecule has 30 heavy (non-hydrogen) atoms. The summed E-state index contributed by atoms with van der Waals surface area (Å²) >= 11 is 2.98. The van der Waals surface area contributed by atoms with Crippen molar-refractivity contribution >= 4 is 39.2 Å². The van der Waals surface area contributed by atoms with Gasteiger partial charge in [0.15, 0.2) is 0 Å². The Morgan fingerprint density at radius 3 is 2.77 bits per heavy atom. The van der Waals surface area contributed by atoms with Crippen LogP contribution in [0.4, 0.5) is 0 Å². The normalized spacial score (nSPS) is 16.1. The summed E-state index contributed by atoms with van der Waals surface area (Å²) in [4.78, 5) is 35.7. The Kier molecular flexibility index (Phi) is 6.55. The molecule has 1 N–H and O–H groups in total. The molecule has 1 unspecified atom stereocenters. The Morgan fingerprint density at radius 1 is 1.33 bits per heavy atom. The fourth-order valence-corrected chi connectivity index (χ4v) is 5.54. The lowest BCUT2D eigenvalue weighted by molar-refractivity contribution is -0.132. The van der Waals surface area contributed by atoms with Gasteiger partial charge in [0.2, 0.25) is 5.91 Å². The third kappa shape index (κ3) is 4.45. The quantitative estimate of drug-likeness (QED) is 0.625. The first-order chi connectivity index (χ1) is 14.6. The number of aromatic amines is 1. The lowest BCUT2D eigenvalue weighted by atomic mass is 10.1. The average Bonchev–Trinajstić information content (AvgIpc) is 3.22. The molecule has 8 heteroatoms. The first-order valence-electron chi connectivity index (χ1n) is 10.1. The molecule has 0 aliphatic carbocycles. The van der Waals surface area contributed by atoms with E-state index >= 15 is 0 Å². The van der Waals surface area contributed by atoms with Crippen LogP contribution in [0.1, 0.15) is 25.6 Å². The lowest BCUT2D eigenvalue weighted by Crippen LogP contribution is -2.43. The summed E-state index contributed by atoms with van der Waals surface area (Å²) < 4.78 is 5.38. The smallest absolute Gasteiger partial charge is 0.260 e. The maximum Gasteiger partial charge on any atom is 0.260 e. The van der Waals surface area contributed by atoms with Gasteiger partial charge in [-0.25, -0.2) is 4.98 Å².